The van der Waals surface area contributed by atoms with E-state index in [1.54, 1.807) is 0 Å². The van der Waals surface area contributed by atoms with Crippen LogP contribution in [0.1, 0.15) is 22.3 Å². The molecule has 1 aliphatic rings. The lowest BCUT2D eigenvalue weighted by Gasteiger charge is -2.08. The molecule has 3 rings (SSSR count). The topological polar surface area (TPSA) is 46.5 Å². The highest BCUT2D eigenvalue weighted by Gasteiger charge is 2.14. The van der Waals surface area contributed by atoms with E-state index in [-0.39, 0.29) is 18.8 Å². The SMILES string of the molecule is Cl.O=C(O)Cc1ccc2c(c1)Cc1ccccc1CO2. The van der Waals surface area contributed by atoms with Crippen molar-refractivity contribution in [3.05, 3.63) is 64.7 Å². The van der Waals surface area contributed by atoms with E-state index >= 15 is 0 Å². The molecule has 0 saturated carbocycles. The summed E-state index contributed by atoms with van der Waals surface area (Å²) in [6.45, 7) is 0.571. The molecule has 0 atom stereocenters. The van der Waals surface area contributed by atoms with E-state index in [0.717, 1.165) is 23.3 Å². The molecule has 0 fully saturated rings. The van der Waals surface area contributed by atoms with Crippen molar-refractivity contribution < 1.29 is 14.6 Å². The number of carbonyl (C=O) groups is 1. The molecule has 0 unspecified atom stereocenters. The smallest absolute Gasteiger partial charge is 0.307 e. The summed E-state index contributed by atoms with van der Waals surface area (Å²) >= 11 is 0. The number of hydrogen-bond acceptors (Lipinski definition) is 2. The Morgan fingerprint density at radius 1 is 1.10 bits per heavy atom. The van der Waals surface area contributed by atoms with Gasteiger partial charge in [-0.25, -0.2) is 0 Å². The van der Waals surface area contributed by atoms with Crippen LogP contribution in [-0.2, 0) is 24.2 Å². The van der Waals surface area contributed by atoms with Crippen molar-refractivity contribution in [3.8, 4) is 5.75 Å². The van der Waals surface area contributed by atoms with E-state index in [0.29, 0.717) is 6.61 Å². The quantitative estimate of drug-likeness (QED) is 0.924. The van der Waals surface area contributed by atoms with Crippen LogP contribution in [0.2, 0.25) is 0 Å². The number of halogens is 1. The summed E-state index contributed by atoms with van der Waals surface area (Å²) in [6.07, 6.45) is 0.841. The first-order valence-electron chi connectivity index (χ1n) is 6.25. The van der Waals surface area contributed by atoms with Crippen molar-refractivity contribution in [1.82, 2.24) is 0 Å². The predicted octanol–water partition coefficient (Wildman–Crippen LogP) is 3.22. The fourth-order valence-electron chi connectivity index (χ4n) is 2.43. The van der Waals surface area contributed by atoms with E-state index in [1.165, 1.54) is 11.1 Å². The van der Waals surface area contributed by atoms with Gasteiger partial charge in [-0.15, -0.1) is 12.4 Å². The van der Waals surface area contributed by atoms with Crippen molar-refractivity contribution in [2.75, 3.05) is 0 Å². The second kappa shape index (κ2) is 5.97. The maximum absolute atomic E-state index is 10.8. The summed E-state index contributed by atoms with van der Waals surface area (Å²) in [5.74, 6) is 0.0419. The number of hydrogen-bond donors (Lipinski definition) is 1. The molecule has 1 heterocycles. The van der Waals surface area contributed by atoms with Gasteiger partial charge in [-0.2, -0.15) is 0 Å². The molecule has 3 nitrogen and oxygen atoms in total. The van der Waals surface area contributed by atoms with Crippen molar-refractivity contribution in [2.45, 2.75) is 19.4 Å². The van der Waals surface area contributed by atoms with Crippen LogP contribution < -0.4 is 4.74 Å². The molecule has 4 heteroatoms. The van der Waals surface area contributed by atoms with Gasteiger partial charge in [0.2, 0.25) is 0 Å². The molecule has 2 aromatic rings. The minimum absolute atomic E-state index is 0. The highest BCUT2D eigenvalue weighted by Crippen LogP contribution is 2.29. The van der Waals surface area contributed by atoms with Crippen LogP contribution in [0.5, 0.6) is 5.75 Å². The van der Waals surface area contributed by atoms with Crippen molar-refractivity contribution in [2.24, 2.45) is 0 Å². The lowest BCUT2D eigenvalue weighted by atomic mass is 9.98. The largest absolute Gasteiger partial charge is 0.489 e. The molecular weight excluding hydrogens is 276 g/mol. The zero-order valence-electron chi connectivity index (χ0n) is 10.8. The third-order valence-electron chi connectivity index (χ3n) is 3.36. The molecule has 0 aliphatic carbocycles. The van der Waals surface area contributed by atoms with Crippen LogP contribution in [0, 0.1) is 0 Å². The second-order valence-corrected chi connectivity index (χ2v) is 4.75. The van der Waals surface area contributed by atoms with Gasteiger partial charge in [0.15, 0.2) is 0 Å². The second-order valence-electron chi connectivity index (χ2n) is 4.75. The zero-order chi connectivity index (χ0) is 13.2. The average Bonchev–Trinajstić information content (AvgIpc) is 2.56. The van der Waals surface area contributed by atoms with Crippen LogP contribution >= 0.6 is 12.4 Å². The molecule has 20 heavy (non-hydrogen) atoms. The number of benzene rings is 2. The Labute approximate surface area is 123 Å². The van der Waals surface area contributed by atoms with E-state index < -0.39 is 5.97 Å². The van der Waals surface area contributed by atoms with Crippen LogP contribution in [0.25, 0.3) is 0 Å². The first-order chi connectivity index (χ1) is 9.22. The molecule has 0 radical (unpaired) electrons. The van der Waals surface area contributed by atoms with E-state index in [2.05, 4.69) is 12.1 Å². The first-order valence-corrected chi connectivity index (χ1v) is 6.25. The Kier molecular flexibility index (Phi) is 4.30. The molecule has 2 aromatic carbocycles. The van der Waals surface area contributed by atoms with Gasteiger partial charge >= 0.3 is 5.97 Å². The van der Waals surface area contributed by atoms with Crippen LogP contribution in [-0.4, -0.2) is 11.1 Å². The minimum Gasteiger partial charge on any atom is -0.489 e. The maximum Gasteiger partial charge on any atom is 0.307 e. The molecule has 1 aliphatic heterocycles. The molecule has 0 bridgehead atoms. The van der Waals surface area contributed by atoms with E-state index in [9.17, 15) is 4.79 Å². The first kappa shape index (κ1) is 14.4. The standard InChI is InChI=1S/C16H14O3.ClH/c17-16(18)8-11-5-6-15-14(7-11)9-12-3-1-2-4-13(12)10-19-15;/h1-7H,8-10H2,(H,17,18);1H. The summed E-state index contributed by atoms with van der Waals surface area (Å²) in [5, 5.41) is 8.85. The fraction of sp³-hybridized carbons (Fsp3) is 0.188. The van der Waals surface area contributed by atoms with Gasteiger partial charge in [-0.3, -0.25) is 4.79 Å². The number of carboxylic acids is 1. The van der Waals surface area contributed by atoms with Gasteiger partial charge in [-0.05, 0) is 28.3 Å². The Balaban J connectivity index is 0.00000147. The average molecular weight is 291 g/mol. The van der Waals surface area contributed by atoms with Gasteiger partial charge in [0.25, 0.3) is 0 Å². The van der Waals surface area contributed by atoms with Gasteiger partial charge in [0, 0.05) is 6.42 Å². The summed E-state index contributed by atoms with van der Waals surface area (Å²) in [4.78, 5) is 10.8. The lowest BCUT2D eigenvalue weighted by Crippen LogP contribution is -2.01. The molecule has 0 saturated heterocycles. The Morgan fingerprint density at radius 3 is 2.60 bits per heavy atom. The Morgan fingerprint density at radius 2 is 1.85 bits per heavy atom. The van der Waals surface area contributed by atoms with Gasteiger partial charge in [-0.1, -0.05) is 36.4 Å². The summed E-state index contributed by atoms with van der Waals surface area (Å²) in [5.41, 5.74) is 4.31. The maximum atomic E-state index is 10.8. The number of aliphatic carboxylic acids is 1. The van der Waals surface area contributed by atoms with Gasteiger partial charge in [0.05, 0.1) is 6.42 Å². The Hall–Kier alpha value is -2.00. The summed E-state index contributed by atoms with van der Waals surface area (Å²) in [7, 11) is 0. The molecule has 0 spiro atoms. The highest BCUT2D eigenvalue weighted by molar-refractivity contribution is 5.85. The van der Waals surface area contributed by atoms with Crippen LogP contribution in [0.4, 0.5) is 0 Å². The van der Waals surface area contributed by atoms with E-state index in [1.807, 2.05) is 30.3 Å². The van der Waals surface area contributed by atoms with E-state index in [4.69, 9.17) is 9.84 Å². The molecule has 0 amide bonds. The minimum atomic E-state index is -0.810. The highest BCUT2D eigenvalue weighted by atomic mass is 35.5. The fourth-order valence-corrected chi connectivity index (χ4v) is 2.43. The predicted molar refractivity (Wildman–Crippen MR) is 78.6 cm³/mol. The monoisotopic (exact) mass is 290 g/mol. The Bertz CT molecular complexity index is 637. The molecule has 104 valence electrons. The molecular formula is C16H15ClO3. The van der Waals surface area contributed by atoms with Crippen molar-refractivity contribution in [3.63, 3.8) is 0 Å². The number of fused-ring (bicyclic) bond motifs is 2. The molecule has 1 N–H and O–H groups in total. The van der Waals surface area contributed by atoms with Gasteiger partial charge < -0.3 is 9.84 Å². The molecule has 0 aromatic heterocycles. The third-order valence-corrected chi connectivity index (χ3v) is 3.36. The lowest BCUT2D eigenvalue weighted by molar-refractivity contribution is -0.136. The number of ether oxygens (including phenoxy) is 1. The van der Waals surface area contributed by atoms with Crippen molar-refractivity contribution >= 4 is 18.4 Å². The van der Waals surface area contributed by atoms with Gasteiger partial charge in [0.1, 0.15) is 12.4 Å². The number of rotatable bonds is 2. The summed E-state index contributed by atoms with van der Waals surface area (Å²) < 4.78 is 5.79. The number of carboxylic acid groups (broad SMARTS) is 1. The van der Waals surface area contributed by atoms with Crippen LogP contribution in [0.15, 0.2) is 42.5 Å². The summed E-state index contributed by atoms with van der Waals surface area (Å²) in [6, 6.07) is 13.8. The van der Waals surface area contributed by atoms with Crippen molar-refractivity contribution in [1.29, 1.82) is 0 Å². The third kappa shape index (κ3) is 2.94. The zero-order valence-corrected chi connectivity index (χ0v) is 11.7. The normalized spacial score (nSPS) is 12.2. The van der Waals surface area contributed by atoms with Crippen LogP contribution in [0.3, 0.4) is 0 Å².